The van der Waals surface area contributed by atoms with Crippen molar-refractivity contribution < 1.29 is 0 Å². The highest BCUT2D eigenvalue weighted by Crippen LogP contribution is 2.46. The van der Waals surface area contributed by atoms with Gasteiger partial charge in [-0.25, -0.2) is 0 Å². The quantitative estimate of drug-likeness (QED) is 0.615. The van der Waals surface area contributed by atoms with Gasteiger partial charge in [0, 0.05) is 0 Å². The smallest absolute Gasteiger partial charge is 0.0134 e. The Kier molecular flexibility index (Phi) is 3.10. The van der Waals surface area contributed by atoms with Crippen molar-refractivity contribution in [3.05, 3.63) is 23.3 Å². The summed E-state index contributed by atoms with van der Waals surface area (Å²) in [5, 5.41) is 0. The lowest BCUT2D eigenvalue weighted by molar-refractivity contribution is 0.383. The minimum absolute atomic E-state index is 0.890. The van der Waals surface area contributed by atoms with Gasteiger partial charge in [0.1, 0.15) is 0 Å². The minimum atomic E-state index is 0.890. The first kappa shape index (κ1) is 10.0. The molecule has 0 aliphatic heterocycles. The van der Waals surface area contributed by atoms with E-state index in [2.05, 4.69) is 26.0 Å². The molecule has 0 heteroatoms. The molecule has 2 rings (SSSR count). The summed E-state index contributed by atoms with van der Waals surface area (Å²) in [6.07, 6.45) is 13.1. The fourth-order valence-corrected chi connectivity index (χ4v) is 3.24. The monoisotopic (exact) mass is 190 g/mol. The highest BCUT2D eigenvalue weighted by atomic mass is 14.4. The van der Waals surface area contributed by atoms with Crippen molar-refractivity contribution in [3.63, 3.8) is 0 Å². The van der Waals surface area contributed by atoms with E-state index in [1.165, 1.54) is 38.5 Å². The first-order chi connectivity index (χ1) is 6.86. The van der Waals surface area contributed by atoms with Crippen molar-refractivity contribution in [2.24, 2.45) is 11.8 Å². The molecule has 0 bridgehead atoms. The number of allylic oxidation sites excluding steroid dienone is 4. The molecular formula is C14H22. The molecule has 0 nitrogen and oxygen atoms in total. The summed E-state index contributed by atoms with van der Waals surface area (Å²) >= 11 is 0. The Morgan fingerprint density at radius 3 is 2.71 bits per heavy atom. The largest absolute Gasteiger partial charge is 0.0807 e. The molecule has 0 heterocycles. The second kappa shape index (κ2) is 4.33. The van der Waals surface area contributed by atoms with Crippen molar-refractivity contribution >= 4 is 0 Å². The Hall–Kier alpha value is -0.520. The van der Waals surface area contributed by atoms with Crippen LogP contribution >= 0.6 is 0 Å². The fourth-order valence-electron chi connectivity index (χ4n) is 3.24. The van der Waals surface area contributed by atoms with Gasteiger partial charge in [0.05, 0.1) is 0 Å². The van der Waals surface area contributed by atoms with Gasteiger partial charge < -0.3 is 0 Å². The van der Waals surface area contributed by atoms with Gasteiger partial charge in [-0.15, -0.1) is 0 Å². The molecule has 0 amide bonds. The van der Waals surface area contributed by atoms with Gasteiger partial charge in [0.15, 0.2) is 0 Å². The van der Waals surface area contributed by atoms with E-state index in [0.29, 0.717) is 0 Å². The average Bonchev–Trinajstić information content (AvgIpc) is 2.55. The van der Waals surface area contributed by atoms with Crippen LogP contribution in [0.4, 0.5) is 0 Å². The van der Waals surface area contributed by atoms with E-state index in [0.717, 1.165) is 11.8 Å². The Bertz CT molecular complexity index is 257. The summed E-state index contributed by atoms with van der Waals surface area (Å²) < 4.78 is 0. The summed E-state index contributed by atoms with van der Waals surface area (Å²) in [5.41, 5.74) is 3.42. The molecule has 2 atom stereocenters. The second-order valence-electron chi connectivity index (χ2n) is 4.73. The number of hydrogen-bond donors (Lipinski definition) is 0. The average molecular weight is 190 g/mol. The first-order valence-corrected chi connectivity index (χ1v) is 6.26. The summed E-state index contributed by atoms with van der Waals surface area (Å²) in [7, 11) is 0. The van der Waals surface area contributed by atoms with Gasteiger partial charge in [-0.1, -0.05) is 32.4 Å². The van der Waals surface area contributed by atoms with Crippen molar-refractivity contribution in [2.75, 3.05) is 0 Å². The molecule has 0 aromatic rings. The van der Waals surface area contributed by atoms with Crippen LogP contribution in [0.15, 0.2) is 23.3 Å². The Labute approximate surface area is 88.1 Å². The van der Waals surface area contributed by atoms with Crippen LogP contribution in [0.3, 0.4) is 0 Å². The maximum Gasteiger partial charge on any atom is -0.0134 e. The summed E-state index contributed by atoms with van der Waals surface area (Å²) in [6, 6.07) is 0. The van der Waals surface area contributed by atoms with Crippen LogP contribution in [0, 0.1) is 11.8 Å². The van der Waals surface area contributed by atoms with E-state index in [1.54, 1.807) is 11.1 Å². The van der Waals surface area contributed by atoms with Crippen LogP contribution in [0.2, 0.25) is 0 Å². The zero-order valence-electron chi connectivity index (χ0n) is 9.55. The molecule has 0 radical (unpaired) electrons. The molecular weight excluding hydrogens is 168 g/mol. The van der Waals surface area contributed by atoms with Crippen LogP contribution in [0.25, 0.3) is 0 Å². The zero-order valence-corrected chi connectivity index (χ0v) is 9.55. The molecule has 0 spiro atoms. The third-order valence-electron chi connectivity index (χ3n) is 3.84. The van der Waals surface area contributed by atoms with Crippen molar-refractivity contribution in [3.8, 4) is 0 Å². The molecule has 2 aliphatic carbocycles. The van der Waals surface area contributed by atoms with Crippen LogP contribution < -0.4 is 0 Å². The van der Waals surface area contributed by atoms with Gasteiger partial charge in [0.25, 0.3) is 0 Å². The standard InChI is InChI=1S/C14H22/c1-3-7-11-10-12-8-5-6-9-14(12)13(11)4-2/h8-9,11,13H,3-7,10H2,1-2H3. The molecule has 78 valence electrons. The highest BCUT2D eigenvalue weighted by molar-refractivity contribution is 5.40. The lowest BCUT2D eigenvalue weighted by atomic mass is 9.87. The van der Waals surface area contributed by atoms with Crippen molar-refractivity contribution in [1.82, 2.24) is 0 Å². The van der Waals surface area contributed by atoms with E-state index in [1.807, 2.05) is 0 Å². The lowest BCUT2D eigenvalue weighted by Gasteiger charge is -2.18. The third kappa shape index (κ3) is 1.67. The van der Waals surface area contributed by atoms with Crippen LogP contribution in [-0.4, -0.2) is 0 Å². The minimum Gasteiger partial charge on any atom is -0.0807 e. The van der Waals surface area contributed by atoms with E-state index in [4.69, 9.17) is 0 Å². The number of rotatable bonds is 3. The maximum absolute atomic E-state index is 2.51. The van der Waals surface area contributed by atoms with E-state index >= 15 is 0 Å². The first-order valence-electron chi connectivity index (χ1n) is 6.26. The topological polar surface area (TPSA) is 0 Å². The molecule has 0 aromatic carbocycles. The second-order valence-corrected chi connectivity index (χ2v) is 4.73. The molecule has 1 saturated carbocycles. The van der Waals surface area contributed by atoms with Crippen LogP contribution in [0.1, 0.15) is 52.4 Å². The Morgan fingerprint density at radius 1 is 1.21 bits per heavy atom. The van der Waals surface area contributed by atoms with E-state index < -0.39 is 0 Å². The van der Waals surface area contributed by atoms with Crippen molar-refractivity contribution in [1.29, 1.82) is 0 Å². The number of fused-ring (bicyclic) bond motifs is 1. The molecule has 0 saturated heterocycles. The van der Waals surface area contributed by atoms with Gasteiger partial charge >= 0.3 is 0 Å². The third-order valence-corrected chi connectivity index (χ3v) is 3.84. The predicted molar refractivity (Wildman–Crippen MR) is 62.2 cm³/mol. The van der Waals surface area contributed by atoms with Crippen LogP contribution in [0.5, 0.6) is 0 Å². The fraction of sp³-hybridized carbons (Fsp3) is 0.714. The van der Waals surface area contributed by atoms with E-state index in [9.17, 15) is 0 Å². The molecule has 14 heavy (non-hydrogen) atoms. The van der Waals surface area contributed by atoms with Gasteiger partial charge in [0.2, 0.25) is 0 Å². The predicted octanol–water partition coefficient (Wildman–Crippen LogP) is 4.48. The molecule has 0 N–H and O–H groups in total. The SMILES string of the molecule is CCCC1CC2=CCCC=C2C1CC. The Morgan fingerprint density at radius 2 is 2.00 bits per heavy atom. The molecule has 2 aliphatic rings. The maximum atomic E-state index is 2.51. The normalized spacial score (nSPS) is 31.0. The summed E-state index contributed by atoms with van der Waals surface area (Å²) in [4.78, 5) is 0. The molecule has 0 aromatic heterocycles. The number of hydrogen-bond acceptors (Lipinski definition) is 0. The van der Waals surface area contributed by atoms with E-state index in [-0.39, 0.29) is 0 Å². The van der Waals surface area contributed by atoms with Crippen LogP contribution in [-0.2, 0) is 0 Å². The Balaban J connectivity index is 2.17. The zero-order chi connectivity index (χ0) is 9.97. The van der Waals surface area contributed by atoms with Gasteiger partial charge in [-0.2, -0.15) is 0 Å². The molecule has 1 fully saturated rings. The van der Waals surface area contributed by atoms with Gasteiger partial charge in [-0.3, -0.25) is 0 Å². The van der Waals surface area contributed by atoms with Crippen molar-refractivity contribution in [2.45, 2.75) is 52.4 Å². The molecule has 2 unspecified atom stereocenters. The summed E-state index contributed by atoms with van der Waals surface area (Å²) in [6.45, 7) is 4.67. The highest BCUT2D eigenvalue weighted by Gasteiger charge is 2.33. The summed E-state index contributed by atoms with van der Waals surface area (Å²) in [5.74, 6) is 1.85. The lowest BCUT2D eigenvalue weighted by Crippen LogP contribution is -2.08. The van der Waals surface area contributed by atoms with Gasteiger partial charge in [-0.05, 0) is 55.1 Å².